The van der Waals surface area contributed by atoms with E-state index in [1.54, 1.807) is 24.3 Å². The molecule has 0 bridgehead atoms. The molecule has 21 heavy (non-hydrogen) atoms. The van der Waals surface area contributed by atoms with E-state index in [0.29, 0.717) is 12.1 Å². The van der Waals surface area contributed by atoms with Crippen molar-refractivity contribution in [2.75, 3.05) is 10.8 Å². The SMILES string of the molecule is NC1CCN(S(=O)(=O)c2ncccc2F)c2ccccc21. The monoisotopic (exact) mass is 307 g/mol. The lowest BCUT2D eigenvalue weighted by atomic mass is 9.99. The smallest absolute Gasteiger partial charge is 0.284 e. The van der Waals surface area contributed by atoms with Gasteiger partial charge in [-0.3, -0.25) is 4.31 Å². The minimum atomic E-state index is -4.04. The van der Waals surface area contributed by atoms with Gasteiger partial charge in [0, 0.05) is 18.8 Å². The van der Waals surface area contributed by atoms with Crippen molar-refractivity contribution in [2.24, 2.45) is 5.73 Å². The average molecular weight is 307 g/mol. The zero-order chi connectivity index (χ0) is 15.0. The Balaban J connectivity index is 2.14. The molecule has 1 aromatic heterocycles. The zero-order valence-electron chi connectivity index (χ0n) is 11.1. The maximum Gasteiger partial charge on any atom is 0.284 e. The van der Waals surface area contributed by atoms with Crippen LogP contribution in [0.15, 0.2) is 47.6 Å². The average Bonchev–Trinajstić information content (AvgIpc) is 2.48. The Morgan fingerprint density at radius 1 is 1.24 bits per heavy atom. The zero-order valence-corrected chi connectivity index (χ0v) is 11.9. The summed E-state index contributed by atoms with van der Waals surface area (Å²) in [4.78, 5) is 3.68. The Morgan fingerprint density at radius 3 is 2.76 bits per heavy atom. The van der Waals surface area contributed by atoms with Crippen LogP contribution >= 0.6 is 0 Å². The van der Waals surface area contributed by atoms with E-state index in [1.165, 1.54) is 16.6 Å². The normalized spacial score (nSPS) is 18.4. The highest BCUT2D eigenvalue weighted by Crippen LogP contribution is 2.35. The molecule has 1 unspecified atom stereocenters. The molecule has 1 aliphatic rings. The van der Waals surface area contributed by atoms with Crippen LogP contribution in [0.5, 0.6) is 0 Å². The molecule has 0 radical (unpaired) electrons. The van der Waals surface area contributed by atoms with Crippen LogP contribution < -0.4 is 10.0 Å². The Labute approximate surface area is 122 Å². The Bertz CT molecular complexity index is 779. The minimum absolute atomic E-state index is 0.205. The molecule has 2 N–H and O–H groups in total. The molecule has 3 rings (SSSR count). The molecular formula is C14H14FN3O2S. The van der Waals surface area contributed by atoms with Gasteiger partial charge in [-0.1, -0.05) is 18.2 Å². The molecule has 0 saturated heterocycles. The number of pyridine rings is 1. The van der Waals surface area contributed by atoms with Crippen molar-refractivity contribution in [1.29, 1.82) is 0 Å². The summed E-state index contributed by atoms with van der Waals surface area (Å²) in [5.74, 6) is -0.857. The maximum absolute atomic E-state index is 13.8. The first-order valence-electron chi connectivity index (χ1n) is 6.49. The summed E-state index contributed by atoms with van der Waals surface area (Å²) in [5, 5.41) is -0.560. The van der Waals surface area contributed by atoms with E-state index in [1.807, 2.05) is 0 Å². The van der Waals surface area contributed by atoms with E-state index in [9.17, 15) is 12.8 Å². The van der Waals surface area contributed by atoms with Gasteiger partial charge in [-0.25, -0.2) is 9.37 Å². The van der Waals surface area contributed by atoms with Crippen LogP contribution in [-0.4, -0.2) is 19.9 Å². The van der Waals surface area contributed by atoms with Gasteiger partial charge in [-0.15, -0.1) is 0 Å². The Morgan fingerprint density at radius 2 is 2.00 bits per heavy atom. The number of sulfonamides is 1. The van der Waals surface area contributed by atoms with E-state index in [0.717, 1.165) is 11.6 Å². The topological polar surface area (TPSA) is 76.3 Å². The van der Waals surface area contributed by atoms with Crippen molar-refractivity contribution >= 4 is 15.7 Å². The van der Waals surface area contributed by atoms with Gasteiger partial charge >= 0.3 is 0 Å². The van der Waals surface area contributed by atoms with Gasteiger partial charge < -0.3 is 5.73 Å². The first-order chi connectivity index (χ1) is 10.0. The predicted molar refractivity (Wildman–Crippen MR) is 76.7 cm³/mol. The summed E-state index contributed by atoms with van der Waals surface area (Å²) in [6.07, 6.45) is 1.74. The molecule has 7 heteroatoms. The number of nitrogens with two attached hydrogens (primary N) is 1. The molecule has 110 valence electrons. The van der Waals surface area contributed by atoms with E-state index in [-0.39, 0.29) is 12.6 Å². The molecular weight excluding hydrogens is 293 g/mol. The van der Waals surface area contributed by atoms with Crippen LogP contribution in [0.3, 0.4) is 0 Å². The molecule has 1 aromatic carbocycles. The molecule has 0 aliphatic carbocycles. The summed E-state index contributed by atoms with van der Waals surface area (Å²) in [6.45, 7) is 0.205. The second-order valence-corrected chi connectivity index (χ2v) is 6.60. The van der Waals surface area contributed by atoms with Crippen molar-refractivity contribution in [1.82, 2.24) is 4.98 Å². The predicted octanol–water partition coefficient (Wildman–Crippen LogP) is 1.82. The van der Waals surface area contributed by atoms with E-state index >= 15 is 0 Å². The first kappa shape index (κ1) is 14.0. The van der Waals surface area contributed by atoms with Crippen molar-refractivity contribution < 1.29 is 12.8 Å². The molecule has 1 aliphatic heterocycles. The minimum Gasteiger partial charge on any atom is -0.324 e. The first-order valence-corrected chi connectivity index (χ1v) is 7.93. The van der Waals surface area contributed by atoms with Crippen LogP contribution in [0.1, 0.15) is 18.0 Å². The van der Waals surface area contributed by atoms with Crippen LogP contribution in [0.25, 0.3) is 0 Å². The third-order valence-corrected chi connectivity index (χ3v) is 5.26. The lowest BCUT2D eigenvalue weighted by molar-refractivity contribution is 0.543. The lowest BCUT2D eigenvalue weighted by Crippen LogP contribution is -2.39. The van der Waals surface area contributed by atoms with Gasteiger partial charge in [0.25, 0.3) is 10.0 Å². The summed E-state index contributed by atoms with van der Waals surface area (Å²) in [7, 11) is -4.04. The largest absolute Gasteiger partial charge is 0.324 e. The highest BCUT2D eigenvalue weighted by atomic mass is 32.2. The van der Waals surface area contributed by atoms with Gasteiger partial charge in [0.1, 0.15) is 0 Å². The van der Waals surface area contributed by atoms with Gasteiger partial charge in [0.05, 0.1) is 5.69 Å². The van der Waals surface area contributed by atoms with Gasteiger partial charge in [-0.2, -0.15) is 8.42 Å². The number of rotatable bonds is 2. The van der Waals surface area contributed by atoms with E-state index < -0.39 is 20.9 Å². The molecule has 1 atom stereocenters. The Kier molecular flexibility index (Phi) is 3.38. The maximum atomic E-state index is 13.8. The fourth-order valence-corrected chi connectivity index (χ4v) is 3.96. The number of halogens is 1. The van der Waals surface area contributed by atoms with Crippen LogP contribution in [0, 0.1) is 5.82 Å². The second-order valence-electron chi connectivity index (χ2n) is 4.82. The summed E-state index contributed by atoms with van der Waals surface area (Å²) < 4.78 is 40.3. The summed E-state index contributed by atoms with van der Waals surface area (Å²) in [5.41, 5.74) is 7.24. The molecule has 0 amide bonds. The lowest BCUT2D eigenvalue weighted by Gasteiger charge is -2.33. The number of nitrogens with zero attached hydrogens (tertiary/aromatic N) is 2. The van der Waals surface area contributed by atoms with Crippen molar-refractivity contribution in [3.05, 3.63) is 54.0 Å². The van der Waals surface area contributed by atoms with Crippen LogP contribution in [0.4, 0.5) is 10.1 Å². The standard InChI is InChI=1S/C14H14FN3O2S/c15-11-5-3-8-17-14(11)21(19,20)18-9-7-12(16)10-4-1-2-6-13(10)18/h1-6,8,12H,7,9,16H2. The quantitative estimate of drug-likeness (QED) is 0.918. The highest BCUT2D eigenvalue weighted by Gasteiger charge is 2.34. The number of aromatic nitrogens is 1. The third kappa shape index (κ3) is 2.28. The van der Waals surface area contributed by atoms with Crippen molar-refractivity contribution in [3.8, 4) is 0 Å². The van der Waals surface area contributed by atoms with Gasteiger partial charge in [0.15, 0.2) is 5.82 Å². The number of anilines is 1. The number of hydrogen-bond donors (Lipinski definition) is 1. The second kappa shape index (κ2) is 5.09. The Hall–Kier alpha value is -1.99. The summed E-state index contributed by atoms with van der Waals surface area (Å²) in [6, 6.07) is 9.21. The van der Waals surface area contributed by atoms with Crippen molar-refractivity contribution in [3.63, 3.8) is 0 Å². The number of para-hydroxylation sites is 1. The van der Waals surface area contributed by atoms with E-state index in [4.69, 9.17) is 5.73 Å². The molecule has 0 saturated carbocycles. The number of fused-ring (bicyclic) bond motifs is 1. The fraction of sp³-hybridized carbons (Fsp3) is 0.214. The number of hydrogen-bond acceptors (Lipinski definition) is 4. The van der Waals surface area contributed by atoms with Gasteiger partial charge in [0.2, 0.25) is 5.03 Å². The van der Waals surface area contributed by atoms with Crippen molar-refractivity contribution in [2.45, 2.75) is 17.5 Å². The molecule has 5 nitrogen and oxygen atoms in total. The van der Waals surface area contributed by atoms with Gasteiger partial charge in [-0.05, 0) is 30.2 Å². The third-order valence-electron chi connectivity index (χ3n) is 3.51. The molecule has 0 spiro atoms. The fourth-order valence-electron chi connectivity index (χ4n) is 2.48. The van der Waals surface area contributed by atoms with Crippen LogP contribution in [-0.2, 0) is 10.0 Å². The molecule has 2 heterocycles. The number of benzene rings is 1. The van der Waals surface area contributed by atoms with E-state index in [2.05, 4.69) is 4.98 Å². The summed E-state index contributed by atoms with van der Waals surface area (Å²) >= 11 is 0. The highest BCUT2D eigenvalue weighted by molar-refractivity contribution is 7.92. The molecule has 0 fully saturated rings. The van der Waals surface area contributed by atoms with Crippen LogP contribution in [0.2, 0.25) is 0 Å². The molecule has 2 aromatic rings.